The van der Waals surface area contributed by atoms with Gasteiger partial charge in [-0.3, -0.25) is 0 Å². The standard InChI is InChI=1S/C14H21F2NO/c1-10(2)7-8-17(3)9-13(18)14-11(15)5-4-6-12(14)16/h4-6,10,13,18H,7-9H2,1-3H3. The highest BCUT2D eigenvalue weighted by molar-refractivity contribution is 5.22. The molecule has 0 spiro atoms. The first-order chi connectivity index (χ1) is 8.41. The zero-order chi connectivity index (χ0) is 13.7. The first kappa shape index (κ1) is 15.1. The van der Waals surface area contributed by atoms with Gasteiger partial charge < -0.3 is 10.0 Å². The molecule has 0 aliphatic heterocycles. The number of halogens is 2. The van der Waals surface area contributed by atoms with Crippen LogP contribution >= 0.6 is 0 Å². The summed E-state index contributed by atoms with van der Waals surface area (Å²) in [4.78, 5) is 1.89. The molecule has 0 bridgehead atoms. The second-order valence-electron chi connectivity index (χ2n) is 5.10. The smallest absolute Gasteiger partial charge is 0.131 e. The Morgan fingerprint density at radius 2 is 1.78 bits per heavy atom. The minimum Gasteiger partial charge on any atom is -0.387 e. The van der Waals surface area contributed by atoms with Crippen molar-refractivity contribution < 1.29 is 13.9 Å². The molecule has 0 amide bonds. The van der Waals surface area contributed by atoms with E-state index >= 15 is 0 Å². The second-order valence-corrected chi connectivity index (χ2v) is 5.10. The summed E-state index contributed by atoms with van der Waals surface area (Å²) in [6.45, 7) is 5.25. The summed E-state index contributed by atoms with van der Waals surface area (Å²) in [5, 5.41) is 9.90. The van der Waals surface area contributed by atoms with E-state index in [9.17, 15) is 13.9 Å². The van der Waals surface area contributed by atoms with Crippen LogP contribution in [0.25, 0.3) is 0 Å². The van der Waals surface area contributed by atoms with Crippen LogP contribution in [0.5, 0.6) is 0 Å². The van der Waals surface area contributed by atoms with Gasteiger partial charge in [0.1, 0.15) is 11.6 Å². The van der Waals surface area contributed by atoms with Crippen LogP contribution in [0, 0.1) is 17.6 Å². The zero-order valence-corrected chi connectivity index (χ0v) is 11.2. The first-order valence-electron chi connectivity index (χ1n) is 6.22. The van der Waals surface area contributed by atoms with Crippen molar-refractivity contribution in [2.24, 2.45) is 5.92 Å². The minimum atomic E-state index is -1.14. The molecule has 0 saturated carbocycles. The molecule has 1 aromatic rings. The van der Waals surface area contributed by atoms with Crippen LogP contribution in [0.2, 0.25) is 0 Å². The van der Waals surface area contributed by atoms with E-state index in [1.807, 2.05) is 11.9 Å². The average molecular weight is 257 g/mol. The molecule has 0 radical (unpaired) electrons. The Labute approximate surface area is 107 Å². The number of nitrogens with zero attached hydrogens (tertiary/aromatic N) is 1. The summed E-state index contributed by atoms with van der Waals surface area (Å²) < 4.78 is 26.9. The van der Waals surface area contributed by atoms with Gasteiger partial charge in [0.05, 0.1) is 11.7 Å². The monoisotopic (exact) mass is 257 g/mol. The van der Waals surface area contributed by atoms with Crippen LogP contribution in [0.15, 0.2) is 18.2 Å². The van der Waals surface area contributed by atoms with Crippen LogP contribution in [0.1, 0.15) is 31.9 Å². The summed E-state index contributed by atoms with van der Waals surface area (Å²) in [5.41, 5.74) is -0.242. The van der Waals surface area contributed by atoms with Crippen LogP contribution in [-0.4, -0.2) is 30.1 Å². The third-order valence-corrected chi connectivity index (χ3v) is 2.91. The number of rotatable bonds is 6. The van der Waals surface area contributed by atoms with Gasteiger partial charge in [0.15, 0.2) is 0 Å². The molecule has 0 saturated heterocycles. The predicted molar refractivity (Wildman–Crippen MR) is 68.3 cm³/mol. The molecule has 1 unspecified atom stereocenters. The highest BCUT2D eigenvalue weighted by atomic mass is 19.1. The van der Waals surface area contributed by atoms with E-state index in [0.29, 0.717) is 5.92 Å². The molecule has 0 fully saturated rings. The van der Waals surface area contributed by atoms with Gasteiger partial charge in [-0.2, -0.15) is 0 Å². The van der Waals surface area contributed by atoms with Crippen LogP contribution in [-0.2, 0) is 0 Å². The maximum Gasteiger partial charge on any atom is 0.131 e. The zero-order valence-electron chi connectivity index (χ0n) is 11.2. The van der Waals surface area contributed by atoms with Crippen molar-refractivity contribution in [2.75, 3.05) is 20.1 Å². The maximum atomic E-state index is 13.4. The number of aliphatic hydroxyl groups excluding tert-OH is 1. The lowest BCUT2D eigenvalue weighted by Crippen LogP contribution is -2.27. The van der Waals surface area contributed by atoms with E-state index in [1.165, 1.54) is 6.07 Å². The molecular formula is C14H21F2NO. The van der Waals surface area contributed by atoms with Crippen LogP contribution in [0.4, 0.5) is 8.78 Å². The molecular weight excluding hydrogens is 236 g/mol. The summed E-state index contributed by atoms with van der Waals surface area (Å²) >= 11 is 0. The Balaban J connectivity index is 2.62. The molecule has 1 N–H and O–H groups in total. The van der Waals surface area contributed by atoms with Crippen LogP contribution in [0.3, 0.4) is 0 Å². The third kappa shape index (κ3) is 4.35. The molecule has 1 aromatic carbocycles. The Morgan fingerprint density at radius 3 is 2.28 bits per heavy atom. The SMILES string of the molecule is CC(C)CCN(C)CC(O)c1c(F)cccc1F. The number of benzene rings is 1. The molecule has 0 heterocycles. The Bertz CT molecular complexity index is 362. The molecule has 1 rings (SSSR count). The first-order valence-corrected chi connectivity index (χ1v) is 6.22. The highest BCUT2D eigenvalue weighted by Crippen LogP contribution is 2.21. The van der Waals surface area contributed by atoms with Crippen molar-refractivity contribution >= 4 is 0 Å². The highest BCUT2D eigenvalue weighted by Gasteiger charge is 2.19. The number of hydrogen-bond donors (Lipinski definition) is 1. The lowest BCUT2D eigenvalue weighted by atomic mass is 10.1. The molecule has 18 heavy (non-hydrogen) atoms. The van der Waals surface area contributed by atoms with E-state index in [-0.39, 0.29) is 12.1 Å². The molecule has 0 aliphatic rings. The van der Waals surface area contributed by atoms with Crippen molar-refractivity contribution in [3.8, 4) is 0 Å². The topological polar surface area (TPSA) is 23.5 Å². The van der Waals surface area contributed by atoms with Gasteiger partial charge in [-0.1, -0.05) is 19.9 Å². The fraction of sp³-hybridized carbons (Fsp3) is 0.571. The van der Waals surface area contributed by atoms with E-state index in [0.717, 1.165) is 25.1 Å². The quantitative estimate of drug-likeness (QED) is 0.847. The molecule has 4 heteroatoms. The summed E-state index contributed by atoms with van der Waals surface area (Å²) in [6, 6.07) is 3.62. The van der Waals surface area contributed by atoms with Gasteiger partial charge in [-0.25, -0.2) is 8.78 Å². The van der Waals surface area contributed by atoms with Gasteiger partial charge in [-0.05, 0) is 38.1 Å². The number of aliphatic hydroxyl groups is 1. The Kier molecular flexibility index (Phi) is 5.69. The van der Waals surface area contributed by atoms with Crippen molar-refractivity contribution in [1.29, 1.82) is 0 Å². The van der Waals surface area contributed by atoms with E-state index in [1.54, 1.807) is 0 Å². The third-order valence-electron chi connectivity index (χ3n) is 2.91. The molecule has 1 atom stereocenters. The Hall–Kier alpha value is -1.00. The van der Waals surface area contributed by atoms with Crippen molar-refractivity contribution in [2.45, 2.75) is 26.4 Å². The summed E-state index contributed by atoms with van der Waals surface area (Å²) in [7, 11) is 1.84. The van der Waals surface area contributed by atoms with Crippen molar-refractivity contribution in [3.63, 3.8) is 0 Å². The molecule has 102 valence electrons. The molecule has 2 nitrogen and oxygen atoms in total. The van der Waals surface area contributed by atoms with Crippen molar-refractivity contribution in [3.05, 3.63) is 35.4 Å². The Morgan fingerprint density at radius 1 is 1.22 bits per heavy atom. The fourth-order valence-corrected chi connectivity index (χ4v) is 1.79. The number of hydrogen-bond acceptors (Lipinski definition) is 2. The fourth-order valence-electron chi connectivity index (χ4n) is 1.79. The van der Waals surface area contributed by atoms with Crippen LogP contribution < -0.4 is 0 Å². The lowest BCUT2D eigenvalue weighted by Gasteiger charge is -2.22. The largest absolute Gasteiger partial charge is 0.387 e. The number of likely N-dealkylation sites (N-methyl/N-ethyl adjacent to an activating group) is 1. The second kappa shape index (κ2) is 6.81. The predicted octanol–water partition coefficient (Wildman–Crippen LogP) is 2.98. The lowest BCUT2D eigenvalue weighted by molar-refractivity contribution is 0.117. The molecule has 0 aromatic heterocycles. The van der Waals surface area contributed by atoms with E-state index in [2.05, 4.69) is 13.8 Å². The average Bonchev–Trinajstić information content (AvgIpc) is 2.26. The van der Waals surface area contributed by atoms with Gasteiger partial charge in [0, 0.05) is 6.54 Å². The normalized spacial score (nSPS) is 13.3. The van der Waals surface area contributed by atoms with Gasteiger partial charge in [0.2, 0.25) is 0 Å². The van der Waals surface area contributed by atoms with Gasteiger partial charge in [-0.15, -0.1) is 0 Å². The van der Waals surface area contributed by atoms with E-state index in [4.69, 9.17) is 0 Å². The van der Waals surface area contributed by atoms with Gasteiger partial charge >= 0.3 is 0 Å². The van der Waals surface area contributed by atoms with Crippen molar-refractivity contribution in [1.82, 2.24) is 4.90 Å². The van der Waals surface area contributed by atoms with Gasteiger partial charge in [0.25, 0.3) is 0 Å². The minimum absolute atomic E-state index is 0.227. The van der Waals surface area contributed by atoms with E-state index < -0.39 is 17.7 Å². The summed E-state index contributed by atoms with van der Waals surface area (Å²) in [5.74, 6) is -0.825. The maximum absolute atomic E-state index is 13.4. The molecule has 0 aliphatic carbocycles. The summed E-state index contributed by atoms with van der Waals surface area (Å²) in [6.07, 6.45) is -0.147.